The van der Waals surface area contributed by atoms with Gasteiger partial charge in [-0.05, 0) is 47.9 Å². The smallest absolute Gasteiger partial charge is 0.338 e. The number of ether oxygens (including phenoxy) is 2. The maximum Gasteiger partial charge on any atom is 0.338 e. The highest BCUT2D eigenvalue weighted by atomic mass is 16.6. The van der Waals surface area contributed by atoms with Crippen LogP contribution in [0.1, 0.15) is 63.9 Å². The first kappa shape index (κ1) is 25.4. The lowest BCUT2D eigenvalue weighted by Crippen LogP contribution is -2.28. The first-order chi connectivity index (χ1) is 14.0. The van der Waals surface area contributed by atoms with Crippen LogP contribution < -0.4 is 0 Å². The third kappa shape index (κ3) is 9.25. The fraction of sp³-hybridized carbons (Fsp3) is 0.462. The summed E-state index contributed by atoms with van der Waals surface area (Å²) in [7, 11) is 0. The zero-order valence-electron chi connectivity index (χ0n) is 19.2. The Bertz CT molecular complexity index is 761. The quantitative estimate of drug-likeness (QED) is 0.259. The van der Waals surface area contributed by atoms with Crippen molar-refractivity contribution in [2.45, 2.75) is 48.0 Å². The zero-order chi connectivity index (χ0) is 22.7. The van der Waals surface area contributed by atoms with E-state index in [4.69, 9.17) is 9.47 Å². The van der Waals surface area contributed by atoms with E-state index < -0.39 is 5.97 Å². The number of benzene rings is 1. The second-order valence-corrected chi connectivity index (χ2v) is 8.91. The minimum absolute atomic E-state index is 0.0332. The Hall–Kier alpha value is -2.62. The SMILES string of the molecule is C=C(C=CC=CC)c1ccc(C(=O)OCCOC(=O)C(CC(C)(C)C)C(C)C)cc1. The molecule has 1 atom stereocenters. The van der Waals surface area contributed by atoms with Crippen LogP contribution in [0.5, 0.6) is 0 Å². The highest BCUT2D eigenvalue weighted by molar-refractivity contribution is 5.90. The standard InChI is InChI=1S/C26H36O4/c1-8-9-10-11-20(4)21-12-14-22(15-13-21)24(27)29-16-17-30-25(28)23(19(2)3)18-26(5,6)7/h8-15,19,23H,4,16-18H2,1-3,5-7H3. The lowest BCUT2D eigenvalue weighted by molar-refractivity contribution is -0.152. The van der Waals surface area contributed by atoms with Crippen LogP contribution in [0.3, 0.4) is 0 Å². The largest absolute Gasteiger partial charge is 0.462 e. The molecule has 4 nitrogen and oxygen atoms in total. The maximum atomic E-state index is 12.4. The van der Waals surface area contributed by atoms with Gasteiger partial charge < -0.3 is 9.47 Å². The highest BCUT2D eigenvalue weighted by Gasteiger charge is 2.28. The van der Waals surface area contributed by atoms with Crippen molar-refractivity contribution in [2.75, 3.05) is 13.2 Å². The van der Waals surface area contributed by atoms with Crippen molar-refractivity contribution in [1.29, 1.82) is 0 Å². The van der Waals surface area contributed by atoms with Crippen molar-refractivity contribution in [1.82, 2.24) is 0 Å². The molecule has 0 spiro atoms. The molecule has 0 heterocycles. The molecule has 0 N–H and O–H groups in total. The number of allylic oxidation sites excluding steroid dienone is 5. The van der Waals surface area contributed by atoms with Crippen molar-refractivity contribution in [3.8, 4) is 0 Å². The van der Waals surface area contributed by atoms with Gasteiger partial charge in [-0.2, -0.15) is 0 Å². The van der Waals surface area contributed by atoms with Gasteiger partial charge in [0.2, 0.25) is 0 Å². The van der Waals surface area contributed by atoms with Crippen LogP contribution >= 0.6 is 0 Å². The Balaban J connectivity index is 2.51. The molecule has 30 heavy (non-hydrogen) atoms. The Morgan fingerprint density at radius 3 is 2.10 bits per heavy atom. The van der Waals surface area contributed by atoms with E-state index in [2.05, 4.69) is 27.4 Å². The molecule has 0 bridgehead atoms. The summed E-state index contributed by atoms with van der Waals surface area (Å²) in [5, 5.41) is 0. The lowest BCUT2D eigenvalue weighted by Gasteiger charge is -2.27. The summed E-state index contributed by atoms with van der Waals surface area (Å²) in [6.07, 6.45) is 8.44. The predicted octanol–water partition coefficient (Wildman–Crippen LogP) is 6.24. The molecule has 0 aromatic heterocycles. The molecule has 0 aliphatic rings. The highest BCUT2D eigenvalue weighted by Crippen LogP contribution is 2.29. The summed E-state index contributed by atoms with van der Waals surface area (Å²) in [6, 6.07) is 7.07. The average Bonchev–Trinajstić information content (AvgIpc) is 2.68. The van der Waals surface area contributed by atoms with Crippen molar-refractivity contribution < 1.29 is 19.1 Å². The van der Waals surface area contributed by atoms with Gasteiger partial charge in [-0.25, -0.2) is 4.79 Å². The van der Waals surface area contributed by atoms with Crippen LogP contribution in [-0.2, 0) is 14.3 Å². The topological polar surface area (TPSA) is 52.6 Å². The average molecular weight is 413 g/mol. The van der Waals surface area contributed by atoms with Crippen LogP contribution in [0.2, 0.25) is 0 Å². The van der Waals surface area contributed by atoms with Crippen molar-refractivity contribution >= 4 is 17.5 Å². The number of carbonyl (C=O) groups is 2. The monoisotopic (exact) mass is 412 g/mol. The molecule has 0 saturated heterocycles. The van der Waals surface area contributed by atoms with E-state index in [0.717, 1.165) is 17.6 Å². The van der Waals surface area contributed by atoms with E-state index >= 15 is 0 Å². The van der Waals surface area contributed by atoms with Gasteiger partial charge in [0.25, 0.3) is 0 Å². The van der Waals surface area contributed by atoms with Crippen molar-refractivity contribution in [2.24, 2.45) is 17.3 Å². The number of hydrogen-bond acceptors (Lipinski definition) is 4. The summed E-state index contributed by atoms with van der Waals surface area (Å²) in [4.78, 5) is 24.6. The van der Waals surface area contributed by atoms with Gasteiger partial charge in [0.15, 0.2) is 0 Å². The fourth-order valence-corrected chi connectivity index (χ4v) is 2.92. The van der Waals surface area contributed by atoms with E-state index in [1.54, 1.807) is 12.1 Å². The Kier molecular flexibility index (Phi) is 10.3. The molecular weight excluding hydrogens is 376 g/mol. The number of rotatable bonds is 10. The molecule has 0 radical (unpaired) electrons. The maximum absolute atomic E-state index is 12.4. The molecule has 1 aromatic carbocycles. The minimum atomic E-state index is -0.442. The fourth-order valence-electron chi connectivity index (χ4n) is 2.92. The Morgan fingerprint density at radius 1 is 1.00 bits per heavy atom. The van der Waals surface area contributed by atoms with Gasteiger partial charge in [-0.3, -0.25) is 4.79 Å². The summed E-state index contributed by atoms with van der Waals surface area (Å²) >= 11 is 0. The summed E-state index contributed by atoms with van der Waals surface area (Å²) in [6.45, 7) is 16.4. The van der Waals surface area contributed by atoms with Crippen LogP contribution in [0.25, 0.3) is 5.57 Å². The van der Waals surface area contributed by atoms with E-state index in [-0.39, 0.29) is 36.4 Å². The van der Waals surface area contributed by atoms with E-state index in [1.165, 1.54) is 0 Å². The predicted molar refractivity (Wildman–Crippen MR) is 123 cm³/mol. The van der Waals surface area contributed by atoms with Crippen LogP contribution in [0.15, 0.2) is 55.1 Å². The molecule has 164 valence electrons. The van der Waals surface area contributed by atoms with Gasteiger partial charge in [0, 0.05) is 0 Å². The van der Waals surface area contributed by atoms with E-state index in [0.29, 0.717) is 5.56 Å². The number of hydrogen-bond donors (Lipinski definition) is 0. The molecule has 4 heteroatoms. The van der Waals surface area contributed by atoms with Gasteiger partial charge in [-0.15, -0.1) is 0 Å². The molecule has 1 rings (SSSR count). The van der Waals surface area contributed by atoms with Gasteiger partial charge in [0.05, 0.1) is 11.5 Å². The van der Waals surface area contributed by atoms with Crippen LogP contribution in [0.4, 0.5) is 0 Å². The summed E-state index contributed by atoms with van der Waals surface area (Å²) in [5.41, 5.74) is 2.28. The van der Waals surface area contributed by atoms with Gasteiger partial charge in [-0.1, -0.05) is 77.6 Å². The third-order valence-corrected chi connectivity index (χ3v) is 4.59. The molecule has 0 amide bonds. The third-order valence-electron chi connectivity index (χ3n) is 4.59. The van der Waals surface area contributed by atoms with E-state index in [1.807, 2.05) is 57.2 Å². The molecule has 0 aliphatic heterocycles. The lowest BCUT2D eigenvalue weighted by atomic mass is 9.80. The van der Waals surface area contributed by atoms with Crippen LogP contribution in [0, 0.1) is 17.3 Å². The molecule has 0 saturated carbocycles. The molecule has 1 unspecified atom stereocenters. The summed E-state index contributed by atoms with van der Waals surface area (Å²) < 4.78 is 10.6. The Labute approximate surface area is 181 Å². The van der Waals surface area contributed by atoms with Gasteiger partial charge >= 0.3 is 11.9 Å². The van der Waals surface area contributed by atoms with Gasteiger partial charge in [0.1, 0.15) is 13.2 Å². The first-order valence-electron chi connectivity index (χ1n) is 10.5. The molecule has 0 aliphatic carbocycles. The summed E-state index contributed by atoms with van der Waals surface area (Å²) in [5.74, 6) is -0.642. The normalized spacial score (nSPS) is 13.0. The zero-order valence-corrected chi connectivity index (χ0v) is 19.2. The second kappa shape index (κ2) is 12.2. The molecule has 0 fully saturated rings. The first-order valence-corrected chi connectivity index (χ1v) is 10.5. The molecule has 1 aromatic rings. The van der Waals surface area contributed by atoms with E-state index in [9.17, 15) is 9.59 Å². The second-order valence-electron chi connectivity index (χ2n) is 8.91. The Morgan fingerprint density at radius 2 is 1.57 bits per heavy atom. The molecular formula is C26H36O4. The van der Waals surface area contributed by atoms with Crippen LogP contribution in [-0.4, -0.2) is 25.2 Å². The number of carbonyl (C=O) groups excluding carboxylic acids is 2. The number of esters is 2. The minimum Gasteiger partial charge on any atom is -0.462 e. The van der Waals surface area contributed by atoms with Crippen molar-refractivity contribution in [3.05, 3.63) is 66.3 Å². The van der Waals surface area contributed by atoms with Crippen molar-refractivity contribution in [3.63, 3.8) is 0 Å².